The van der Waals surface area contributed by atoms with E-state index in [1.165, 1.54) is 0 Å². The monoisotopic (exact) mass is 226 g/mol. The Morgan fingerprint density at radius 3 is 2.33 bits per heavy atom. The Morgan fingerprint density at radius 1 is 1.33 bits per heavy atom. The van der Waals surface area contributed by atoms with Gasteiger partial charge in [0.1, 0.15) is 0 Å². The van der Waals surface area contributed by atoms with Gasteiger partial charge in [0.25, 0.3) is 0 Å². The van der Waals surface area contributed by atoms with Gasteiger partial charge in [-0.1, -0.05) is 51.4 Å². The van der Waals surface area contributed by atoms with Gasteiger partial charge in [0.15, 0.2) is 0 Å². The van der Waals surface area contributed by atoms with E-state index < -0.39 is 0 Å². The average Bonchev–Trinajstić information content (AvgIpc) is 2.14. The van der Waals surface area contributed by atoms with Gasteiger partial charge in [-0.05, 0) is 22.6 Å². The van der Waals surface area contributed by atoms with E-state index in [0.717, 1.165) is 16.1 Å². The highest BCUT2D eigenvalue weighted by Gasteiger charge is 2.18. The summed E-state index contributed by atoms with van der Waals surface area (Å²) in [6, 6.07) is 6.07. The molecule has 1 unspecified atom stereocenters. The van der Waals surface area contributed by atoms with Crippen molar-refractivity contribution in [2.24, 2.45) is 0 Å². The summed E-state index contributed by atoms with van der Waals surface area (Å²) in [5.74, 6) is 0.150. The van der Waals surface area contributed by atoms with Crippen LogP contribution in [0.15, 0.2) is 18.2 Å². The van der Waals surface area contributed by atoms with Gasteiger partial charge in [0.2, 0.25) is 0 Å². The van der Waals surface area contributed by atoms with Gasteiger partial charge in [0.05, 0.1) is 0 Å². The Labute approximate surface area is 97.1 Å². The first-order chi connectivity index (χ1) is 6.86. The van der Waals surface area contributed by atoms with Crippen LogP contribution in [0.2, 0.25) is 5.02 Å². The van der Waals surface area contributed by atoms with Gasteiger partial charge in [-0.25, -0.2) is 0 Å². The van der Waals surface area contributed by atoms with Crippen LogP contribution < -0.4 is 0 Å². The maximum Gasteiger partial charge on any atom is 0.0497 e. The highest BCUT2D eigenvalue weighted by atomic mass is 35.5. The van der Waals surface area contributed by atoms with E-state index in [0.29, 0.717) is 0 Å². The maximum absolute atomic E-state index is 9.07. The summed E-state index contributed by atoms with van der Waals surface area (Å²) in [7, 11) is 0. The van der Waals surface area contributed by atoms with Crippen LogP contribution in [0.4, 0.5) is 0 Å². The summed E-state index contributed by atoms with van der Waals surface area (Å²) >= 11 is 6.23. The number of aliphatic hydroxyl groups excluding tert-OH is 1. The Morgan fingerprint density at radius 2 is 1.93 bits per heavy atom. The van der Waals surface area contributed by atoms with E-state index in [2.05, 4.69) is 26.8 Å². The van der Waals surface area contributed by atoms with Gasteiger partial charge in [-0.2, -0.15) is 0 Å². The topological polar surface area (TPSA) is 20.2 Å². The van der Waals surface area contributed by atoms with Gasteiger partial charge in [-0.3, -0.25) is 0 Å². The molecule has 15 heavy (non-hydrogen) atoms. The fourth-order valence-electron chi connectivity index (χ4n) is 1.55. The van der Waals surface area contributed by atoms with Crippen LogP contribution in [0, 0.1) is 0 Å². The number of aliphatic hydroxyl groups is 1. The second-order valence-electron chi connectivity index (χ2n) is 5.07. The van der Waals surface area contributed by atoms with Crippen LogP contribution in [-0.4, -0.2) is 11.7 Å². The molecule has 0 saturated heterocycles. The Bertz CT molecular complexity index is 339. The lowest BCUT2D eigenvalue weighted by molar-refractivity contribution is 0.273. The van der Waals surface area contributed by atoms with Gasteiger partial charge in [0, 0.05) is 17.5 Å². The molecule has 0 bridgehead atoms. The number of halogens is 1. The van der Waals surface area contributed by atoms with Crippen LogP contribution in [0.3, 0.4) is 0 Å². The highest BCUT2D eigenvalue weighted by Crippen LogP contribution is 2.31. The van der Waals surface area contributed by atoms with Crippen molar-refractivity contribution in [3.05, 3.63) is 34.3 Å². The zero-order chi connectivity index (χ0) is 11.6. The van der Waals surface area contributed by atoms with Crippen molar-refractivity contribution in [2.45, 2.75) is 39.0 Å². The van der Waals surface area contributed by atoms with Crippen molar-refractivity contribution in [1.29, 1.82) is 0 Å². The fourth-order valence-corrected chi connectivity index (χ4v) is 2.02. The van der Waals surface area contributed by atoms with E-state index in [1.54, 1.807) is 0 Å². The third-order valence-corrected chi connectivity index (χ3v) is 2.96. The zero-order valence-electron chi connectivity index (χ0n) is 9.84. The molecule has 0 saturated carbocycles. The van der Waals surface area contributed by atoms with Crippen LogP contribution in [0.25, 0.3) is 0 Å². The summed E-state index contributed by atoms with van der Waals surface area (Å²) in [5, 5.41) is 9.86. The normalized spacial score (nSPS) is 14.0. The molecule has 0 heterocycles. The minimum absolute atomic E-state index is 0.0675. The van der Waals surface area contributed by atoms with Crippen molar-refractivity contribution < 1.29 is 5.11 Å². The molecular weight excluding hydrogens is 208 g/mol. The lowest BCUT2D eigenvalue weighted by atomic mass is 9.85. The summed E-state index contributed by atoms with van der Waals surface area (Å²) in [6.45, 7) is 8.57. The minimum Gasteiger partial charge on any atom is -0.396 e. The van der Waals surface area contributed by atoms with Gasteiger partial charge >= 0.3 is 0 Å². The van der Waals surface area contributed by atoms with Crippen LogP contribution in [0.1, 0.15) is 44.7 Å². The molecule has 84 valence electrons. The van der Waals surface area contributed by atoms with Crippen molar-refractivity contribution in [1.82, 2.24) is 0 Å². The molecule has 1 nitrogen and oxygen atoms in total. The molecule has 2 heteroatoms. The predicted molar refractivity (Wildman–Crippen MR) is 65.7 cm³/mol. The molecule has 0 spiro atoms. The number of rotatable bonds is 2. The molecular formula is C13H19ClO. The molecule has 0 radical (unpaired) electrons. The molecule has 1 N–H and O–H groups in total. The second kappa shape index (κ2) is 4.54. The number of hydrogen-bond donors (Lipinski definition) is 1. The molecule has 0 aromatic heterocycles. The number of hydrogen-bond acceptors (Lipinski definition) is 1. The van der Waals surface area contributed by atoms with E-state index in [1.807, 2.05) is 19.1 Å². The van der Waals surface area contributed by atoms with Crippen molar-refractivity contribution in [2.75, 3.05) is 6.61 Å². The van der Waals surface area contributed by atoms with E-state index in [9.17, 15) is 0 Å². The molecule has 1 atom stereocenters. The first-order valence-corrected chi connectivity index (χ1v) is 5.65. The first-order valence-electron chi connectivity index (χ1n) is 5.27. The third-order valence-electron chi connectivity index (χ3n) is 2.64. The average molecular weight is 227 g/mol. The molecule has 0 amide bonds. The summed E-state index contributed by atoms with van der Waals surface area (Å²) in [4.78, 5) is 0. The van der Waals surface area contributed by atoms with Crippen LogP contribution >= 0.6 is 11.6 Å². The summed E-state index contributed by atoms with van der Waals surface area (Å²) < 4.78 is 0. The first kappa shape index (κ1) is 12.5. The van der Waals surface area contributed by atoms with Gasteiger partial charge < -0.3 is 5.11 Å². The summed E-state index contributed by atoms with van der Waals surface area (Å²) in [6.07, 6.45) is 0. The lowest BCUT2D eigenvalue weighted by Crippen LogP contribution is -2.12. The Kier molecular flexibility index (Phi) is 3.80. The van der Waals surface area contributed by atoms with Crippen molar-refractivity contribution >= 4 is 11.6 Å². The van der Waals surface area contributed by atoms with Gasteiger partial charge in [-0.15, -0.1) is 0 Å². The van der Waals surface area contributed by atoms with Crippen LogP contribution in [-0.2, 0) is 5.41 Å². The van der Waals surface area contributed by atoms with Crippen molar-refractivity contribution in [3.8, 4) is 0 Å². The maximum atomic E-state index is 9.07. The predicted octanol–water partition coefficient (Wildman–Crippen LogP) is 3.73. The quantitative estimate of drug-likeness (QED) is 0.815. The van der Waals surface area contributed by atoms with Crippen LogP contribution in [0.5, 0.6) is 0 Å². The van der Waals surface area contributed by atoms with E-state index in [-0.39, 0.29) is 17.9 Å². The van der Waals surface area contributed by atoms with Crippen molar-refractivity contribution in [3.63, 3.8) is 0 Å². The molecule has 1 aromatic rings. The standard InChI is InChI=1S/C13H19ClO/c1-9(8-15)10-5-6-11(12(14)7-10)13(2,3)4/h5-7,9,15H,8H2,1-4H3. The second-order valence-corrected chi connectivity index (χ2v) is 5.48. The lowest BCUT2D eigenvalue weighted by Gasteiger charge is -2.21. The highest BCUT2D eigenvalue weighted by molar-refractivity contribution is 6.31. The Hall–Kier alpha value is -0.530. The molecule has 1 rings (SSSR count). The third kappa shape index (κ3) is 2.96. The zero-order valence-corrected chi connectivity index (χ0v) is 10.6. The Balaban J connectivity index is 3.09. The molecule has 0 aliphatic heterocycles. The SMILES string of the molecule is CC(CO)c1ccc(C(C)(C)C)c(Cl)c1. The smallest absolute Gasteiger partial charge is 0.0497 e. The summed E-state index contributed by atoms with van der Waals surface area (Å²) in [5.41, 5.74) is 2.31. The molecule has 0 fully saturated rings. The minimum atomic E-state index is 0.0675. The largest absolute Gasteiger partial charge is 0.396 e. The fraction of sp³-hybridized carbons (Fsp3) is 0.538. The molecule has 1 aromatic carbocycles. The number of benzene rings is 1. The van der Waals surface area contributed by atoms with E-state index in [4.69, 9.17) is 16.7 Å². The molecule has 0 aliphatic rings. The molecule has 0 aliphatic carbocycles. The van der Waals surface area contributed by atoms with E-state index >= 15 is 0 Å².